The molecule has 0 radical (unpaired) electrons. The normalized spacial score (nSPS) is 10.1. The summed E-state index contributed by atoms with van der Waals surface area (Å²) in [5.41, 5.74) is 2.51. The first-order valence-electron chi connectivity index (χ1n) is 6.93. The van der Waals surface area contributed by atoms with Crippen molar-refractivity contribution in [3.05, 3.63) is 59.7 Å². The number of ketones is 1. The number of carbonyl (C=O) groups is 2. The highest BCUT2D eigenvalue weighted by atomic mass is 16.3. The van der Waals surface area contributed by atoms with Crippen LogP contribution in [-0.4, -0.2) is 23.3 Å². The van der Waals surface area contributed by atoms with E-state index in [9.17, 15) is 9.59 Å². The van der Waals surface area contributed by atoms with Crippen LogP contribution in [0, 0.1) is 0 Å². The van der Waals surface area contributed by atoms with Crippen molar-refractivity contribution in [3.8, 4) is 0 Å². The van der Waals surface area contributed by atoms with Crippen molar-refractivity contribution < 1.29 is 14.7 Å². The SMILES string of the molecule is CC(=O)c1ccccc1NC(=O)CNc1cccc(CO)c1. The molecule has 0 aliphatic rings. The number of aliphatic hydroxyl groups is 1. The molecule has 0 heterocycles. The van der Waals surface area contributed by atoms with Crippen molar-refractivity contribution >= 4 is 23.1 Å². The molecule has 0 aromatic heterocycles. The third kappa shape index (κ3) is 4.17. The van der Waals surface area contributed by atoms with Gasteiger partial charge in [0.1, 0.15) is 0 Å². The number of para-hydroxylation sites is 1. The van der Waals surface area contributed by atoms with Gasteiger partial charge in [-0.15, -0.1) is 0 Å². The Morgan fingerprint density at radius 3 is 2.59 bits per heavy atom. The van der Waals surface area contributed by atoms with Crippen LogP contribution in [0.4, 0.5) is 11.4 Å². The maximum absolute atomic E-state index is 12.0. The number of carbonyl (C=O) groups excluding carboxylic acids is 2. The molecule has 114 valence electrons. The third-order valence-corrected chi connectivity index (χ3v) is 3.14. The predicted molar refractivity (Wildman–Crippen MR) is 85.9 cm³/mol. The number of amides is 1. The van der Waals surface area contributed by atoms with Crippen LogP contribution in [0.5, 0.6) is 0 Å². The molecule has 2 rings (SSSR count). The average molecular weight is 298 g/mol. The second-order valence-electron chi connectivity index (χ2n) is 4.86. The Labute approximate surface area is 129 Å². The fraction of sp³-hybridized carbons (Fsp3) is 0.176. The maximum Gasteiger partial charge on any atom is 0.243 e. The predicted octanol–water partition coefficient (Wildman–Crippen LogP) is 2.43. The van der Waals surface area contributed by atoms with Gasteiger partial charge >= 0.3 is 0 Å². The van der Waals surface area contributed by atoms with Crippen LogP contribution in [0.25, 0.3) is 0 Å². The average Bonchev–Trinajstić information content (AvgIpc) is 2.53. The highest BCUT2D eigenvalue weighted by Crippen LogP contribution is 2.15. The summed E-state index contributed by atoms with van der Waals surface area (Å²) in [6.45, 7) is 1.48. The van der Waals surface area contributed by atoms with Gasteiger partial charge in [-0.25, -0.2) is 0 Å². The smallest absolute Gasteiger partial charge is 0.243 e. The molecular formula is C17H18N2O3. The van der Waals surface area contributed by atoms with E-state index in [-0.39, 0.29) is 24.8 Å². The number of aliphatic hydroxyl groups excluding tert-OH is 1. The van der Waals surface area contributed by atoms with E-state index in [0.29, 0.717) is 11.3 Å². The summed E-state index contributed by atoms with van der Waals surface area (Å²) in [5.74, 6) is -0.345. The minimum atomic E-state index is -0.247. The Morgan fingerprint density at radius 2 is 1.86 bits per heavy atom. The number of benzene rings is 2. The summed E-state index contributed by atoms with van der Waals surface area (Å²) in [7, 11) is 0. The fourth-order valence-corrected chi connectivity index (χ4v) is 2.06. The summed E-state index contributed by atoms with van der Waals surface area (Å²) in [6, 6.07) is 14.1. The summed E-state index contributed by atoms with van der Waals surface area (Å²) in [5, 5.41) is 14.8. The van der Waals surface area contributed by atoms with Crippen LogP contribution in [0.3, 0.4) is 0 Å². The molecule has 3 N–H and O–H groups in total. The first-order valence-corrected chi connectivity index (χ1v) is 6.93. The van der Waals surface area contributed by atoms with Crippen molar-refractivity contribution in [2.24, 2.45) is 0 Å². The number of anilines is 2. The topological polar surface area (TPSA) is 78.4 Å². The maximum atomic E-state index is 12.0. The van der Waals surface area contributed by atoms with Crippen LogP contribution in [0.2, 0.25) is 0 Å². The van der Waals surface area contributed by atoms with Crippen molar-refractivity contribution in [1.29, 1.82) is 0 Å². The van der Waals surface area contributed by atoms with Crippen LogP contribution in [0.1, 0.15) is 22.8 Å². The van der Waals surface area contributed by atoms with E-state index in [1.807, 2.05) is 6.07 Å². The van der Waals surface area contributed by atoms with Crippen LogP contribution < -0.4 is 10.6 Å². The summed E-state index contributed by atoms with van der Waals surface area (Å²) >= 11 is 0. The summed E-state index contributed by atoms with van der Waals surface area (Å²) in [6.07, 6.45) is 0. The monoisotopic (exact) mass is 298 g/mol. The number of nitrogens with one attached hydrogen (secondary N) is 2. The summed E-state index contributed by atoms with van der Waals surface area (Å²) in [4.78, 5) is 23.5. The minimum absolute atomic E-state index is 0.0479. The Kier molecular flexibility index (Phi) is 5.27. The van der Waals surface area contributed by atoms with E-state index in [4.69, 9.17) is 5.11 Å². The van der Waals surface area contributed by atoms with Crippen LogP contribution in [0.15, 0.2) is 48.5 Å². The standard InChI is InChI=1S/C17H18N2O3/c1-12(21)15-7-2-3-8-16(15)19-17(22)10-18-14-6-4-5-13(9-14)11-20/h2-9,18,20H,10-11H2,1H3,(H,19,22). The van der Waals surface area contributed by atoms with E-state index in [1.165, 1.54) is 6.92 Å². The van der Waals surface area contributed by atoms with Gasteiger partial charge in [0, 0.05) is 11.3 Å². The third-order valence-electron chi connectivity index (χ3n) is 3.14. The zero-order chi connectivity index (χ0) is 15.9. The van der Waals surface area contributed by atoms with E-state index >= 15 is 0 Å². The lowest BCUT2D eigenvalue weighted by Crippen LogP contribution is -2.22. The van der Waals surface area contributed by atoms with E-state index < -0.39 is 0 Å². The molecule has 5 heteroatoms. The molecule has 0 fully saturated rings. The number of hydrogen-bond acceptors (Lipinski definition) is 4. The van der Waals surface area contributed by atoms with Crippen molar-refractivity contribution in [1.82, 2.24) is 0 Å². The number of Topliss-reactive ketones (excluding diaryl/α,β-unsaturated/α-hetero) is 1. The van der Waals surface area contributed by atoms with Gasteiger partial charge in [0.15, 0.2) is 5.78 Å². The molecule has 22 heavy (non-hydrogen) atoms. The van der Waals surface area contributed by atoms with Gasteiger partial charge in [-0.05, 0) is 36.8 Å². The first-order chi connectivity index (χ1) is 10.6. The molecular weight excluding hydrogens is 280 g/mol. The second kappa shape index (κ2) is 7.38. The van der Waals surface area contributed by atoms with Gasteiger partial charge in [-0.1, -0.05) is 24.3 Å². The van der Waals surface area contributed by atoms with E-state index in [2.05, 4.69) is 10.6 Å². The Balaban J connectivity index is 1.97. The lowest BCUT2D eigenvalue weighted by molar-refractivity contribution is -0.114. The molecule has 5 nitrogen and oxygen atoms in total. The highest BCUT2D eigenvalue weighted by molar-refractivity contribution is 6.04. The van der Waals surface area contributed by atoms with Crippen molar-refractivity contribution in [2.75, 3.05) is 17.2 Å². The molecule has 2 aromatic rings. The van der Waals surface area contributed by atoms with E-state index in [1.54, 1.807) is 42.5 Å². The molecule has 1 amide bonds. The Hall–Kier alpha value is -2.66. The number of hydrogen-bond donors (Lipinski definition) is 3. The van der Waals surface area contributed by atoms with Crippen molar-refractivity contribution in [2.45, 2.75) is 13.5 Å². The molecule has 0 spiro atoms. The van der Waals surface area contributed by atoms with Crippen LogP contribution >= 0.6 is 0 Å². The molecule has 0 atom stereocenters. The molecule has 2 aromatic carbocycles. The molecule has 0 bridgehead atoms. The molecule has 0 unspecified atom stereocenters. The van der Waals surface area contributed by atoms with Gasteiger partial charge in [-0.2, -0.15) is 0 Å². The van der Waals surface area contributed by atoms with Crippen LogP contribution in [-0.2, 0) is 11.4 Å². The summed E-state index contributed by atoms with van der Waals surface area (Å²) < 4.78 is 0. The molecule has 0 aliphatic carbocycles. The second-order valence-corrected chi connectivity index (χ2v) is 4.86. The zero-order valence-electron chi connectivity index (χ0n) is 12.3. The quantitative estimate of drug-likeness (QED) is 0.716. The lowest BCUT2D eigenvalue weighted by Gasteiger charge is -2.10. The largest absolute Gasteiger partial charge is 0.392 e. The molecule has 0 saturated carbocycles. The van der Waals surface area contributed by atoms with Gasteiger partial charge < -0.3 is 15.7 Å². The molecule has 0 aliphatic heterocycles. The lowest BCUT2D eigenvalue weighted by atomic mass is 10.1. The fourth-order valence-electron chi connectivity index (χ4n) is 2.06. The minimum Gasteiger partial charge on any atom is -0.392 e. The molecule has 0 saturated heterocycles. The van der Waals surface area contributed by atoms with E-state index in [0.717, 1.165) is 11.3 Å². The first kappa shape index (κ1) is 15.7. The zero-order valence-corrected chi connectivity index (χ0v) is 12.3. The van der Waals surface area contributed by atoms with Crippen molar-refractivity contribution in [3.63, 3.8) is 0 Å². The van der Waals surface area contributed by atoms with Gasteiger partial charge in [0.2, 0.25) is 5.91 Å². The highest BCUT2D eigenvalue weighted by Gasteiger charge is 2.09. The Bertz CT molecular complexity index is 683. The van der Waals surface area contributed by atoms with Gasteiger partial charge in [0.25, 0.3) is 0 Å². The van der Waals surface area contributed by atoms with Gasteiger partial charge in [-0.3, -0.25) is 9.59 Å². The number of rotatable bonds is 6. The Morgan fingerprint density at radius 1 is 1.09 bits per heavy atom. The van der Waals surface area contributed by atoms with Gasteiger partial charge in [0.05, 0.1) is 18.8 Å².